The zero-order valence-corrected chi connectivity index (χ0v) is 14.5. The molecule has 1 amide bonds. The Morgan fingerprint density at radius 3 is 2.80 bits per heavy atom. The molecule has 0 saturated heterocycles. The van der Waals surface area contributed by atoms with Gasteiger partial charge in [0.25, 0.3) is 5.91 Å². The van der Waals surface area contributed by atoms with Crippen molar-refractivity contribution in [2.24, 2.45) is 0 Å². The number of methoxy groups -OCH3 is 2. The Kier molecular flexibility index (Phi) is 5.40. The van der Waals surface area contributed by atoms with Crippen LogP contribution in [0.15, 0.2) is 42.5 Å². The standard InChI is InChI=1S/C19H22N2O4/c1-23-13-25-18-8-7-15(24-2)11-14(18)12-21-10-9-20-19(22)16-5-3-4-6-17(16)21/h3-8,11H,9-10,12-13H2,1-2H3,(H,20,22). The van der Waals surface area contributed by atoms with Gasteiger partial charge in [-0.15, -0.1) is 0 Å². The third-order valence-electron chi connectivity index (χ3n) is 4.12. The summed E-state index contributed by atoms with van der Waals surface area (Å²) < 4.78 is 16.0. The SMILES string of the molecule is COCOc1ccc(OC)cc1CN1CCNC(=O)c2ccccc21. The highest BCUT2D eigenvalue weighted by Crippen LogP contribution is 2.29. The van der Waals surface area contributed by atoms with Crippen molar-refractivity contribution >= 4 is 11.6 Å². The first-order valence-electron chi connectivity index (χ1n) is 8.13. The number of rotatable bonds is 6. The van der Waals surface area contributed by atoms with Gasteiger partial charge in [-0.25, -0.2) is 0 Å². The van der Waals surface area contributed by atoms with Crippen LogP contribution < -0.4 is 19.7 Å². The minimum Gasteiger partial charge on any atom is -0.497 e. The Labute approximate surface area is 147 Å². The molecule has 2 aromatic rings. The van der Waals surface area contributed by atoms with E-state index in [0.29, 0.717) is 25.2 Å². The van der Waals surface area contributed by atoms with E-state index in [9.17, 15) is 4.79 Å². The molecule has 0 aliphatic carbocycles. The van der Waals surface area contributed by atoms with E-state index in [-0.39, 0.29) is 12.7 Å². The fourth-order valence-corrected chi connectivity index (χ4v) is 2.90. The van der Waals surface area contributed by atoms with Crippen molar-refractivity contribution in [3.63, 3.8) is 0 Å². The predicted molar refractivity (Wildman–Crippen MR) is 95.3 cm³/mol. The number of anilines is 1. The monoisotopic (exact) mass is 342 g/mol. The van der Waals surface area contributed by atoms with Crippen molar-refractivity contribution in [2.75, 3.05) is 39.0 Å². The molecule has 1 N–H and O–H groups in total. The molecule has 0 unspecified atom stereocenters. The molecule has 0 aromatic heterocycles. The number of fused-ring (bicyclic) bond motifs is 1. The van der Waals surface area contributed by atoms with E-state index >= 15 is 0 Å². The van der Waals surface area contributed by atoms with Crippen LogP contribution in [0.25, 0.3) is 0 Å². The van der Waals surface area contributed by atoms with Crippen LogP contribution in [0.4, 0.5) is 5.69 Å². The Balaban J connectivity index is 1.93. The highest BCUT2D eigenvalue weighted by molar-refractivity contribution is 6.00. The summed E-state index contributed by atoms with van der Waals surface area (Å²) in [4.78, 5) is 14.4. The molecule has 1 aliphatic rings. The second-order valence-electron chi connectivity index (χ2n) is 5.72. The Hall–Kier alpha value is -2.73. The first kappa shape index (κ1) is 17.1. The summed E-state index contributed by atoms with van der Waals surface area (Å²) in [5, 5.41) is 2.93. The van der Waals surface area contributed by atoms with Gasteiger partial charge in [0.1, 0.15) is 11.5 Å². The predicted octanol–water partition coefficient (Wildman–Crippen LogP) is 2.43. The maximum Gasteiger partial charge on any atom is 0.253 e. The molecule has 1 aliphatic heterocycles. The van der Waals surface area contributed by atoms with Crippen LogP contribution >= 0.6 is 0 Å². The lowest BCUT2D eigenvalue weighted by Crippen LogP contribution is -2.29. The molecule has 1 heterocycles. The van der Waals surface area contributed by atoms with Crippen LogP contribution in [0.2, 0.25) is 0 Å². The molecule has 6 heteroatoms. The average molecular weight is 342 g/mol. The van der Waals surface area contributed by atoms with Crippen molar-refractivity contribution < 1.29 is 19.0 Å². The highest BCUT2D eigenvalue weighted by Gasteiger charge is 2.21. The number of nitrogens with zero attached hydrogens (tertiary/aromatic N) is 1. The minimum absolute atomic E-state index is 0.0420. The van der Waals surface area contributed by atoms with Gasteiger partial charge >= 0.3 is 0 Å². The molecular formula is C19H22N2O4. The number of nitrogens with one attached hydrogen (secondary N) is 1. The van der Waals surface area contributed by atoms with Crippen LogP contribution in [0.5, 0.6) is 11.5 Å². The molecule has 0 bridgehead atoms. The van der Waals surface area contributed by atoms with Gasteiger partial charge in [-0.05, 0) is 30.3 Å². The number of ether oxygens (including phenoxy) is 3. The fraction of sp³-hybridized carbons (Fsp3) is 0.316. The minimum atomic E-state index is -0.0420. The van der Waals surface area contributed by atoms with Crippen molar-refractivity contribution in [1.29, 1.82) is 0 Å². The third kappa shape index (κ3) is 3.85. The second kappa shape index (κ2) is 7.90. The van der Waals surface area contributed by atoms with Gasteiger partial charge in [-0.1, -0.05) is 12.1 Å². The van der Waals surface area contributed by atoms with Crippen molar-refractivity contribution in [3.8, 4) is 11.5 Å². The Morgan fingerprint density at radius 1 is 1.16 bits per heavy atom. The molecule has 0 fully saturated rings. The van der Waals surface area contributed by atoms with Gasteiger partial charge in [-0.2, -0.15) is 0 Å². The van der Waals surface area contributed by atoms with E-state index in [1.165, 1.54) is 0 Å². The van der Waals surface area contributed by atoms with Crippen LogP contribution in [-0.4, -0.2) is 40.0 Å². The van der Waals surface area contributed by atoms with E-state index in [1.54, 1.807) is 14.2 Å². The summed E-state index contributed by atoms with van der Waals surface area (Å²) >= 11 is 0. The number of amides is 1. The Bertz CT molecular complexity index is 748. The molecule has 0 saturated carbocycles. The van der Waals surface area contributed by atoms with Gasteiger partial charge in [0.15, 0.2) is 6.79 Å². The lowest BCUT2D eigenvalue weighted by atomic mass is 10.1. The summed E-state index contributed by atoms with van der Waals surface area (Å²) in [6.07, 6.45) is 0. The van der Waals surface area contributed by atoms with Crippen LogP contribution in [0.3, 0.4) is 0 Å². The molecule has 0 spiro atoms. The zero-order chi connectivity index (χ0) is 17.6. The average Bonchev–Trinajstić information content (AvgIpc) is 2.80. The van der Waals surface area contributed by atoms with Gasteiger partial charge in [0.2, 0.25) is 0 Å². The number of carbonyl (C=O) groups is 1. The Morgan fingerprint density at radius 2 is 2.00 bits per heavy atom. The van der Waals surface area contributed by atoms with E-state index in [1.807, 2.05) is 42.5 Å². The van der Waals surface area contributed by atoms with Gasteiger partial charge in [0.05, 0.1) is 12.7 Å². The normalized spacial score (nSPS) is 13.7. The molecule has 6 nitrogen and oxygen atoms in total. The number of para-hydroxylation sites is 1. The molecule has 0 atom stereocenters. The highest BCUT2D eigenvalue weighted by atomic mass is 16.7. The van der Waals surface area contributed by atoms with Crippen LogP contribution in [0.1, 0.15) is 15.9 Å². The molecule has 3 rings (SSSR count). The summed E-state index contributed by atoms with van der Waals surface area (Å²) in [7, 11) is 3.23. The number of benzene rings is 2. The summed E-state index contributed by atoms with van der Waals surface area (Å²) in [5.74, 6) is 1.46. The van der Waals surface area contributed by atoms with Gasteiger partial charge in [-0.3, -0.25) is 4.79 Å². The van der Waals surface area contributed by atoms with E-state index in [2.05, 4.69) is 10.2 Å². The number of hydrogen-bond acceptors (Lipinski definition) is 5. The first-order chi connectivity index (χ1) is 12.2. The largest absolute Gasteiger partial charge is 0.497 e. The molecular weight excluding hydrogens is 320 g/mol. The zero-order valence-electron chi connectivity index (χ0n) is 14.5. The van der Waals surface area contributed by atoms with E-state index in [4.69, 9.17) is 14.2 Å². The number of carbonyl (C=O) groups excluding carboxylic acids is 1. The lowest BCUT2D eigenvalue weighted by Gasteiger charge is -2.25. The summed E-state index contributed by atoms with van der Waals surface area (Å²) in [5.41, 5.74) is 2.57. The third-order valence-corrected chi connectivity index (χ3v) is 4.12. The van der Waals surface area contributed by atoms with Crippen molar-refractivity contribution in [2.45, 2.75) is 6.54 Å². The van der Waals surface area contributed by atoms with Crippen molar-refractivity contribution in [1.82, 2.24) is 5.32 Å². The van der Waals surface area contributed by atoms with Crippen LogP contribution in [-0.2, 0) is 11.3 Å². The molecule has 0 radical (unpaired) electrons. The van der Waals surface area contributed by atoms with Crippen molar-refractivity contribution in [3.05, 3.63) is 53.6 Å². The maximum atomic E-state index is 12.2. The molecule has 132 valence electrons. The maximum absolute atomic E-state index is 12.2. The molecule has 2 aromatic carbocycles. The fourth-order valence-electron chi connectivity index (χ4n) is 2.90. The van der Waals surface area contributed by atoms with E-state index in [0.717, 1.165) is 22.7 Å². The van der Waals surface area contributed by atoms with Crippen LogP contribution in [0, 0.1) is 0 Å². The van der Waals surface area contributed by atoms with Gasteiger partial charge in [0, 0.05) is 38.0 Å². The van der Waals surface area contributed by atoms with Gasteiger partial charge < -0.3 is 24.4 Å². The topological polar surface area (TPSA) is 60.0 Å². The number of hydrogen-bond donors (Lipinski definition) is 1. The summed E-state index contributed by atoms with van der Waals surface area (Å²) in [6, 6.07) is 13.3. The quantitative estimate of drug-likeness (QED) is 0.817. The molecule has 25 heavy (non-hydrogen) atoms. The summed E-state index contributed by atoms with van der Waals surface area (Å²) in [6.45, 7) is 2.08. The van der Waals surface area contributed by atoms with E-state index < -0.39 is 0 Å². The lowest BCUT2D eigenvalue weighted by molar-refractivity contribution is 0.0504. The smallest absolute Gasteiger partial charge is 0.253 e. The second-order valence-corrected chi connectivity index (χ2v) is 5.72. The first-order valence-corrected chi connectivity index (χ1v) is 8.13.